The van der Waals surface area contributed by atoms with Gasteiger partial charge < -0.3 is 15.0 Å². The predicted octanol–water partition coefficient (Wildman–Crippen LogP) is 3.87. The van der Waals surface area contributed by atoms with Crippen molar-refractivity contribution >= 4 is 11.8 Å². The van der Waals surface area contributed by atoms with Crippen LogP contribution in [0.5, 0.6) is 5.75 Å². The Morgan fingerprint density at radius 1 is 1.03 bits per heavy atom. The van der Waals surface area contributed by atoms with Crippen LogP contribution >= 0.6 is 0 Å². The van der Waals surface area contributed by atoms with Crippen LogP contribution in [-0.4, -0.2) is 35.9 Å². The van der Waals surface area contributed by atoms with Crippen LogP contribution in [0.2, 0.25) is 0 Å². The Kier molecular flexibility index (Phi) is 8.25. The number of hydrogen-bond acceptors (Lipinski definition) is 3. The summed E-state index contributed by atoms with van der Waals surface area (Å²) in [6.07, 6.45) is 0. The number of hydrogen-bond donors (Lipinski definition) is 1. The number of aryl methyl sites for hydroxylation is 2. The lowest BCUT2D eigenvalue weighted by atomic mass is 10.1. The topological polar surface area (TPSA) is 58.6 Å². The number of amides is 2. The van der Waals surface area contributed by atoms with E-state index >= 15 is 0 Å². The lowest BCUT2D eigenvalue weighted by Gasteiger charge is -2.29. The van der Waals surface area contributed by atoms with Crippen molar-refractivity contribution in [3.63, 3.8) is 0 Å². The van der Waals surface area contributed by atoms with E-state index in [4.69, 9.17) is 4.74 Å². The van der Waals surface area contributed by atoms with Crippen molar-refractivity contribution in [3.05, 3.63) is 65.2 Å². The molecular formula is C24H32N2O3. The van der Waals surface area contributed by atoms with Crippen LogP contribution in [0.25, 0.3) is 0 Å². The van der Waals surface area contributed by atoms with Crippen LogP contribution in [-0.2, 0) is 16.1 Å². The normalized spacial score (nSPS) is 11.8. The Bertz CT molecular complexity index is 832. The summed E-state index contributed by atoms with van der Waals surface area (Å²) in [5.74, 6) is 0.641. The molecule has 0 fully saturated rings. The van der Waals surface area contributed by atoms with E-state index in [1.807, 2.05) is 76.2 Å². The Balaban J connectivity index is 2.14. The van der Waals surface area contributed by atoms with Crippen molar-refractivity contribution in [2.75, 3.05) is 13.2 Å². The monoisotopic (exact) mass is 396 g/mol. The molecule has 0 aromatic heterocycles. The van der Waals surface area contributed by atoms with Gasteiger partial charge in [0.2, 0.25) is 5.91 Å². The van der Waals surface area contributed by atoms with Crippen LogP contribution in [0.3, 0.4) is 0 Å². The third-order valence-corrected chi connectivity index (χ3v) is 4.73. The van der Waals surface area contributed by atoms with E-state index < -0.39 is 6.04 Å². The van der Waals surface area contributed by atoms with Gasteiger partial charge in [0.25, 0.3) is 5.91 Å². The third-order valence-electron chi connectivity index (χ3n) is 4.73. The third kappa shape index (κ3) is 6.93. The standard InChI is InChI=1S/C24H32N2O3/c1-17(2)14-25-24(28)20(5)26(15-21-11-8-9-18(3)13-21)23(27)16-29-22-12-7-6-10-19(22)4/h6-13,17,20H,14-16H2,1-5H3,(H,25,28). The lowest BCUT2D eigenvalue weighted by molar-refractivity contribution is -0.142. The van der Waals surface area contributed by atoms with Gasteiger partial charge in [0.05, 0.1) is 0 Å². The predicted molar refractivity (Wildman–Crippen MR) is 116 cm³/mol. The smallest absolute Gasteiger partial charge is 0.261 e. The van der Waals surface area contributed by atoms with Crippen molar-refractivity contribution in [2.45, 2.75) is 47.2 Å². The van der Waals surface area contributed by atoms with Gasteiger partial charge in [-0.15, -0.1) is 0 Å². The number of carbonyl (C=O) groups excluding carboxylic acids is 2. The van der Waals surface area contributed by atoms with E-state index in [1.165, 1.54) is 0 Å². The van der Waals surface area contributed by atoms with Crippen LogP contribution in [0, 0.1) is 19.8 Å². The van der Waals surface area contributed by atoms with E-state index in [2.05, 4.69) is 5.32 Å². The van der Waals surface area contributed by atoms with Crippen LogP contribution in [0.1, 0.15) is 37.5 Å². The minimum Gasteiger partial charge on any atom is -0.484 e. The second-order valence-electron chi connectivity index (χ2n) is 7.88. The molecule has 2 aromatic rings. The van der Waals surface area contributed by atoms with Crippen molar-refractivity contribution < 1.29 is 14.3 Å². The zero-order valence-electron chi connectivity index (χ0n) is 18.1. The van der Waals surface area contributed by atoms with Gasteiger partial charge in [0.15, 0.2) is 6.61 Å². The van der Waals surface area contributed by atoms with Gasteiger partial charge in [-0.3, -0.25) is 9.59 Å². The molecule has 0 spiro atoms. The highest BCUT2D eigenvalue weighted by atomic mass is 16.5. The molecule has 29 heavy (non-hydrogen) atoms. The van der Waals surface area contributed by atoms with Gasteiger partial charge in [-0.05, 0) is 43.9 Å². The summed E-state index contributed by atoms with van der Waals surface area (Å²) >= 11 is 0. The number of ether oxygens (including phenoxy) is 1. The second kappa shape index (κ2) is 10.6. The molecule has 2 rings (SSSR count). The molecule has 0 bridgehead atoms. The Morgan fingerprint density at radius 2 is 1.76 bits per heavy atom. The molecule has 0 aliphatic carbocycles. The van der Waals surface area contributed by atoms with Gasteiger partial charge in [-0.25, -0.2) is 0 Å². The van der Waals surface area contributed by atoms with Crippen LogP contribution in [0.15, 0.2) is 48.5 Å². The second-order valence-corrected chi connectivity index (χ2v) is 7.88. The molecule has 0 saturated carbocycles. The Morgan fingerprint density at radius 3 is 2.41 bits per heavy atom. The fraction of sp³-hybridized carbons (Fsp3) is 0.417. The molecule has 0 saturated heterocycles. The molecule has 1 atom stereocenters. The molecule has 5 heteroatoms. The van der Waals surface area contributed by atoms with Gasteiger partial charge >= 0.3 is 0 Å². The van der Waals surface area contributed by atoms with E-state index in [9.17, 15) is 9.59 Å². The maximum Gasteiger partial charge on any atom is 0.261 e. The van der Waals surface area contributed by atoms with Crippen LogP contribution in [0.4, 0.5) is 0 Å². The first-order valence-electron chi connectivity index (χ1n) is 10.1. The molecule has 0 aliphatic heterocycles. The zero-order valence-corrected chi connectivity index (χ0v) is 18.1. The number of rotatable bonds is 9. The zero-order chi connectivity index (χ0) is 21.4. The largest absolute Gasteiger partial charge is 0.484 e. The van der Waals surface area contributed by atoms with Gasteiger partial charge in [-0.2, -0.15) is 0 Å². The number of carbonyl (C=O) groups is 2. The summed E-state index contributed by atoms with van der Waals surface area (Å²) < 4.78 is 5.75. The molecule has 2 aromatic carbocycles. The molecule has 1 N–H and O–H groups in total. The lowest BCUT2D eigenvalue weighted by Crippen LogP contribution is -2.49. The van der Waals surface area contributed by atoms with Crippen molar-refractivity contribution in [3.8, 4) is 5.75 Å². The molecule has 0 heterocycles. The summed E-state index contributed by atoms with van der Waals surface area (Å²) in [6.45, 7) is 10.6. The molecular weight excluding hydrogens is 364 g/mol. The maximum atomic E-state index is 13.0. The minimum absolute atomic E-state index is 0.113. The summed E-state index contributed by atoms with van der Waals surface area (Å²) in [5, 5.41) is 2.92. The Labute approximate surface area is 174 Å². The maximum absolute atomic E-state index is 13.0. The molecule has 5 nitrogen and oxygen atoms in total. The van der Waals surface area contributed by atoms with Gasteiger partial charge in [-0.1, -0.05) is 61.9 Å². The first kappa shape index (κ1) is 22.5. The minimum atomic E-state index is -0.595. The average molecular weight is 397 g/mol. The first-order valence-corrected chi connectivity index (χ1v) is 10.1. The Hall–Kier alpha value is -2.82. The number of nitrogens with zero attached hydrogens (tertiary/aromatic N) is 1. The van der Waals surface area contributed by atoms with Crippen molar-refractivity contribution in [2.24, 2.45) is 5.92 Å². The molecule has 156 valence electrons. The van der Waals surface area contributed by atoms with Gasteiger partial charge in [0, 0.05) is 13.1 Å². The highest BCUT2D eigenvalue weighted by molar-refractivity contribution is 5.88. The van der Waals surface area contributed by atoms with E-state index in [0.29, 0.717) is 24.8 Å². The van der Waals surface area contributed by atoms with Crippen LogP contribution < -0.4 is 10.1 Å². The van der Waals surface area contributed by atoms with E-state index in [0.717, 1.165) is 16.7 Å². The number of para-hydroxylation sites is 1. The highest BCUT2D eigenvalue weighted by Gasteiger charge is 2.26. The fourth-order valence-electron chi connectivity index (χ4n) is 2.98. The quantitative estimate of drug-likeness (QED) is 0.700. The van der Waals surface area contributed by atoms with Crippen molar-refractivity contribution in [1.82, 2.24) is 10.2 Å². The highest BCUT2D eigenvalue weighted by Crippen LogP contribution is 2.17. The molecule has 0 aliphatic rings. The number of benzene rings is 2. The first-order chi connectivity index (χ1) is 13.8. The summed E-state index contributed by atoms with van der Waals surface area (Å²) in [7, 11) is 0. The average Bonchev–Trinajstić information content (AvgIpc) is 2.69. The summed E-state index contributed by atoms with van der Waals surface area (Å²) in [4.78, 5) is 27.2. The van der Waals surface area contributed by atoms with E-state index in [1.54, 1.807) is 11.8 Å². The van der Waals surface area contributed by atoms with Crippen molar-refractivity contribution in [1.29, 1.82) is 0 Å². The summed E-state index contributed by atoms with van der Waals surface area (Å²) in [5.41, 5.74) is 3.06. The SMILES string of the molecule is Cc1cccc(CN(C(=O)COc2ccccc2C)C(C)C(=O)NCC(C)C)c1. The number of nitrogens with one attached hydrogen (secondary N) is 1. The van der Waals surface area contributed by atoms with E-state index in [-0.39, 0.29) is 18.4 Å². The van der Waals surface area contributed by atoms with Gasteiger partial charge in [0.1, 0.15) is 11.8 Å². The summed E-state index contributed by atoms with van der Waals surface area (Å²) in [6, 6.07) is 14.9. The molecule has 0 radical (unpaired) electrons. The molecule has 1 unspecified atom stereocenters. The molecule has 2 amide bonds. The fourth-order valence-corrected chi connectivity index (χ4v) is 2.98.